The SMILES string of the molecule is CCOc1ccc(C2/C(=C(\[O-])c3ccc(F)cc3)C(=O)C(=O)N2CCC[NH+](C)C)cc1OC. The zero-order valence-corrected chi connectivity index (χ0v) is 19.3. The van der Waals surface area contributed by atoms with Crippen molar-refractivity contribution in [3.8, 4) is 11.5 Å². The molecule has 176 valence electrons. The minimum Gasteiger partial charge on any atom is -0.872 e. The van der Waals surface area contributed by atoms with E-state index in [0.29, 0.717) is 36.6 Å². The lowest BCUT2D eigenvalue weighted by molar-refractivity contribution is -0.858. The molecule has 1 unspecified atom stereocenters. The molecule has 2 aromatic rings. The Hall–Kier alpha value is -3.39. The highest BCUT2D eigenvalue weighted by Gasteiger charge is 2.44. The van der Waals surface area contributed by atoms with Crippen molar-refractivity contribution in [3.05, 3.63) is 65.0 Å². The fourth-order valence-corrected chi connectivity index (χ4v) is 3.94. The lowest BCUT2D eigenvalue weighted by Gasteiger charge is -2.28. The second-order valence-corrected chi connectivity index (χ2v) is 8.13. The molecule has 33 heavy (non-hydrogen) atoms. The van der Waals surface area contributed by atoms with Crippen LogP contribution in [0.5, 0.6) is 11.5 Å². The molecule has 2 aromatic carbocycles. The molecule has 0 aromatic heterocycles. The van der Waals surface area contributed by atoms with Crippen LogP contribution in [0.2, 0.25) is 0 Å². The second kappa shape index (κ2) is 10.5. The molecular weight excluding hydrogens is 427 g/mol. The number of halogens is 1. The summed E-state index contributed by atoms with van der Waals surface area (Å²) in [4.78, 5) is 28.6. The van der Waals surface area contributed by atoms with E-state index < -0.39 is 29.3 Å². The standard InChI is InChI=1S/C25H29FN2O5/c1-5-33-19-12-9-17(15-20(19)32-4)22-21(23(29)16-7-10-18(26)11-8-16)24(30)25(31)28(22)14-6-13-27(2)3/h7-12,15,22,29H,5-6,13-14H2,1-4H3/b23-21+. The first kappa shape index (κ1) is 24.3. The molecule has 7 nitrogen and oxygen atoms in total. The van der Waals surface area contributed by atoms with E-state index >= 15 is 0 Å². The smallest absolute Gasteiger partial charge is 0.295 e. The van der Waals surface area contributed by atoms with Crippen LogP contribution in [0.1, 0.15) is 30.5 Å². The normalized spacial score (nSPS) is 17.6. The number of methoxy groups -OCH3 is 1. The van der Waals surface area contributed by atoms with Gasteiger partial charge in [0, 0.05) is 18.5 Å². The number of ketones is 1. The summed E-state index contributed by atoms with van der Waals surface area (Å²) in [6, 6.07) is 9.18. The minimum atomic E-state index is -0.871. The second-order valence-electron chi connectivity index (χ2n) is 8.13. The molecule has 1 N–H and O–H groups in total. The van der Waals surface area contributed by atoms with Gasteiger partial charge >= 0.3 is 0 Å². The van der Waals surface area contributed by atoms with Crippen LogP contribution in [0.25, 0.3) is 5.76 Å². The predicted molar refractivity (Wildman–Crippen MR) is 119 cm³/mol. The van der Waals surface area contributed by atoms with Crippen molar-refractivity contribution in [2.24, 2.45) is 0 Å². The van der Waals surface area contributed by atoms with Crippen molar-refractivity contribution >= 4 is 17.4 Å². The molecule has 1 fully saturated rings. The van der Waals surface area contributed by atoms with Gasteiger partial charge in [0.15, 0.2) is 11.5 Å². The Morgan fingerprint density at radius 3 is 2.42 bits per heavy atom. The Morgan fingerprint density at radius 2 is 1.82 bits per heavy atom. The van der Waals surface area contributed by atoms with Gasteiger partial charge in [-0.3, -0.25) is 9.59 Å². The zero-order chi connectivity index (χ0) is 24.1. The van der Waals surface area contributed by atoms with Gasteiger partial charge in [0.05, 0.1) is 40.4 Å². The fourth-order valence-electron chi connectivity index (χ4n) is 3.94. The van der Waals surface area contributed by atoms with Crippen LogP contribution in [0, 0.1) is 5.82 Å². The molecule has 0 radical (unpaired) electrons. The van der Waals surface area contributed by atoms with Gasteiger partial charge in [-0.2, -0.15) is 0 Å². The Kier molecular flexibility index (Phi) is 7.71. The summed E-state index contributed by atoms with van der Waals surface area (Å²) in [6.07, 6.45) is 0.657. The number of carbonyl (C=O) groups excluding carboxylic acids is 2. The summed E-state index contributed by atoms with van der Waals surface area (Å²) in [5.41, 5.74) is 0.572. The number of likely N-dealkylation sites (tertiary alicyclic amines) is 1. The van der Waals surface area contributed by atoms with E-state index in [4.69, 9.17) is 9.47 Å². The van der Waals surface area contributed by atoms with Crippen LogP contribution in [0.3, 0.4) is 0 Å². The van der Waals surface area contributed by atoms with Gasteiger partial charge in [0.2, 0.25) is 5.78 Å². The van der Waals surface area contributed by atoms with E-state index in [0.717, 1.165) is 18.7 Å². The average Bonchev–Trinajstić information content (AvgIpc) is 3.04. The van der Waals surface area contributed by atoms with Crippen LogP contribution >= 0.6 is 0 Å². The van der Waals surface area contributed by atoms with Crippen molar-refractivity contribution in [1.29, 1.82) is 0 Å². The van der Waals surface area contributed by atoms with Gasteiger partial charge in [-0.05, 0) is 42.3 Å². The van der Waals surface area contributed by atoms with E-state index in [-0.39, 0.29) is 11.1 Å². The number of nitrogens with one attached hydrogen (secondary N) is 1. The third-order valence-electron chi connectivity index (χ3n) is 5.51. The highest BCUT2D eigenvalue weighted by atomic mass is 19.1. The van der Waals surface area contributed by atoms with E-state index in [1.165, 1.54) is 29.0 Å². The summed E-state index contributed by atoms with van der Waals surface area (Å²) in [5, 5.41) is 13.3. The molecular formula is C25H29FN2O5. The summed E-state index contributed by atoms with van der Waals surface area (Å²) >= 11 is 0. The topological polar surface area (TPSA) is 83.3 Å². The fraction of sp³-hybridized carbons (Fsp3) is 0.360. The van der Waals surface area contributed by atoms with Crippen LogP contribution in [-0.4, -0.2) is 57.5 Å². The van der Waals surface area contributed by atoms with Crippen molar-refractivity contribution < 1.29 is 33.5 Å². The van der Waals surface area contributed by atoms with Gasteiger partial charge in [0.25, 0.3) is 5.91 Å². The Morgan fingerprint density at radius 1 is 1.12 bits per heavy atom. The molecule has 0 bridgehead atoms. The predicted octanol–water partition coefficient (Wildman–Crippen LogP) is 0.992. The Bertz CT molecular complexity index is 1050. The number of amides is 1. The number of nitrogens with zero attached hydrogens (tertiary/aromatic N) is 1. The number of ether oxygens (including phenoxy) is 2. The molecule has 0 spiro atoms. The summed E-state index contributed by atoms with van der Waals surface area (Å²) in [6.45, 7) is 3.40. The van der Waals surface area contributed by atoms with Crippen LogP contribution < -0.4 is 19.5 Å². The number of benzene rings is 2. The number of quaternary nitrogens is 1. The Labute approximate surface area is 193 Å². The summed E-state index contributed by atoms with van der Waals surface area (Å²) in [7, 11) is 5.50. The zero-order valence-electron chi connectivity index (χ0n) is 19.3. The molecule has 1 atom stereocenters. The average molecular weight is 457 g/mol. The van der Waals surface area contributed by atoms with Crippen molar-refractivity contribution in [2.75, 3.05) is 40.9 Å². The first-order chi connectivity index (χ1) is 15.8. The van der Waals surface area contributed by atoms with Gasteiger partial charge < -0.3 is 24.4 Å². The Balaban J connectivity index is 2.12. The number of hydrogen-bond donors (Lipinski definition) is 1. The third kappa shape index (κ3) is 5.17. The van der Waals surface area contributed by atoms with Gasteiger partial charge in [-0.25, -0.2) is 4.39 Å². The van der Waals surface area contributed by atoms with Crippen LogP contribution in [0.15, 0.2) is 48.0 Å². The molecule has 1 heterocycles. The molecule has 1 saturated heterocycles. The van der Waals surface area contributed by atoms with Crippen molar-refractivity contribution in [1.82, 2.24) is 4.90 Å². The lowest BCUT2D eigenvalue weighted by atomic mass is 9.95. The molecule has 1 aliphatic heterocycles. The maximum atomic E-state index is 13.4. The number of rotatable bonds is 9. The molecule has 1 aliphatic rings. The highest BCUT2D eigenvalue weighted by molar-refractivity contribution is 6.46. The lowest BCUT2D eigenvalue weighted by Crippen LogP contribution is -3.05. The maximum absolute atomic E-state index is 13.4. The first-order valence-electron chi connectivity index (χ1n) is 10.9. The third-order valence-corrected chi connectivity index (χ3v) is 5.51. The largest absolute Gasteiger partial charge is 0.872 e. The monoisotopic (exact) mass is 456 g/mol. The molecule has 3 rings (SSSR count). The molecule has 0 aliphatic carbocycles. The van der Waals surface area contributed by atoms with Crippen molar-refractivity contribution in [3.63, 3.8) is 0 Å². The van der Waals surface area contributed by atoms with Gasteiger partial charge in [-0.1, -0.05) is 24.0 Å². The summed E-state index contributed by atoms with van der Waals surface area (Å²) in [5.74, 6) is -1.68. The number of carbonyl (C=O) groups is 2. The molecule has 1 amide bonds. The summed E-state index contributed by atoms with van der Waals surface area (Å²) < 4.78 is 24.4. The van der Waals surface area contributed by atoms with E-state index in [2.05, 4.69) is 0 Å². The molecule has 8 heteroatoms. The van der Waals surface area contributed by atoms with Gasteiger partial charge in [-0.15, -0.1) is 0 Å². The maximum Gasteiger partial charge on any atom is 0.295 e. The van der Waals surface area contributed by atoms with Crippen molar-refractivity contribution in [2.45, 2.75) is 19.4 Å². The quantitative estimate of drug-likeness (QED) is 0.346. The minimum absolute atomic E-state index is 0.143. The highest BCUT2D eigenvalue weighted by Crippen LogP contribution is 2.41. The first-order valence-corrected chi connectivity index (χ1v) is 10.9. The number of Topliss-reactive ketones (excluding diaryl/α,β-unsaturated/α-hetero) is 1. The van der Waals surface area contributed by atoms with E-state index in [1.807, 2.05) is 21.0 Å². The van der Waals surface area contributed by atoms with Crippen LogP contribution in [0.4, 0.5) is 4.39 Å². The van der Waals surface area contributed by atoms with E-state index in [1.54, 1.807) is 18.2 Å². The number of hydrogen-bond acceptors (Lipinski definition) is 5. The van der Waals surface area contributed by atoms with Crippen LogP contribution in [-0.2, 0) is 9.59 Å². The van der Waals surface area contributed by atoms with E-state index in [9.17, 15) is 19.1 Å². The van der Waals surface area contributed by atoms with Gasteiger partial charge in [0.1, 0.15) is 5.82 Å². The molecule has 0 saturated carbocycles.